The number of carbonyl (C=O) groups is 1. The molecule has 0 heterocycles. The fourth-order valence-electron chi connectivity index (χ4n) is 2.56. The molecule has 2 unspecified atom stereocenters. The van der Waals surface area contributed by atoms with Crippen molar-refractivity contribution in [2.75, 3.05) is 0 Å². The third-order valence-corrected chi connectivity index (χ3v) is 4.16. The van der Waals surface area contributed by atoms with Crippen molar-refractivity contribution in [1.29, 1.82) is 0 Å². The van der Waals surface area contributed by atoms with Crippen molar-refractivity contribution in [3.63, 3.8) is 0 Å². The van der Waals surface area contributed by atoms with Crippen LogP contribution in [-0.2, 0) is 10.5 Å². The van der Waals surface area contributed by atoms with Crippen molar-refractivity contribution >= 4 is 22.0 Å². The fourth-order valence-corrected chi connectivity index (χ4v) is 2.98. The van der Waals surface area contributed by atoms with E-state index < -0.39 is 28.5 Å². The van der Waals surface area contributed by atoms with E-state index in [4.69, 9.17) is 4.74 Å². The zero-order valence-corrected chi connectivity index (χ0v) is 16.7. The quantitative estimate of drug-likeness (QED) is 0.399. The highest BCUT2D eigenvalue weighted by atomic mass is 79.9. The predicted molar refractivity (Wildman–Crippen MR) is 102 cm³/mol. The minimum Gasteiger partial charge on any atom is -0.444 e. The van der Waals surface area contributed by atoms with Gasteiger partial charge in [0.1, 0.15) is 5.60 Å². The molecule has 0 aliphatic heterocycles. The summed E-state index contributed by atoms with van der Waals surface area (Å²) in [6.07, 6.45) is -0.952. The summed E-state index contributed by atoms with van der Waals surface area (Å²) >= 11 is 3.27. The Morgan fingerprint density at radius 1 is 1.19 bits per heavy atom. The van der Waals surface area contributed by atoms with Crippen molar-refractivity contribution in [3.05, 3.63) is 80.3 Å². The first-order valence-corrected chi connectivity index (χ1v) is 8.97. The summed E-state index contributed by atoms with van der Waals surface area (Å²) in [7, 11) is 0. The molecule has 2 aromatic rings. The number of alkyl carbamates (subject to hydrolysis) is 1. The van der Waals surface area contributed by atoms with Crippen LogP contribution in [0.3, 0.4) is 0 Å². The monoisotopic (exact) mass is 438 g/mol. The SMILES string of the molecule is CC(C)(C)OC(=O)NC(c1cccc(Br)c1)C(F)(c1ccccc1)[N+](=O)[O-]. The number of halogens is 2. The van der Waals surface area contributed by atoms with Crippen LogP contribution in [-0.4, -0.2) is 16.6 Å². The van der Waals surface area contributed by atoms with Crippen LogP contribution in [0.2, 0.25) is 0 Å². The predicted octanol–water partition coefficient (Wildman–Crippen LogP) is 5.11. The summed E-state index contributed by atoms with van der Waals surface area (Å²) < 4.78 is 21.7. The molecule has 0 aliphatic rings. The highest BCUT2D eigenvalue weighted by Gasteiger charge is 2.55. The number of amides is 1. The molecule has 0 aliphatic carbocycles. The highest BCUT2D eigenvalue weighted by molar-refractivity contribution is 9.10. The number of hydrogen-bond acceptors (Lipinski definition) is 4. The average molecular weight is 439 g/mol. The largest absolute Gasteiger partial charge is 0.444 e. The van der Waals surface area contributed by atoms with E-state index in [2.05, 4.69) is 21.2 Å². The Balaban J connectivity index is 2.56. The molecule has 8 heteroatoms. The Bertz CT molecular complexity index is 826. The van der Waals surface area contributed by atoms with Crippen LogP contribution < -0.4 is 5.32 Å². The highest BCUT2D eigenvalue weighted by Crippen LogP contribution is 2.40. The number of hydrogen-bond donors (Lipinski definition) is 1. The number of benzene rings is 2. The molecule has 2 rings (SSSR count). The normalized spacial score (nSPS) is 14.7. The molecule has 6 nitrogen and oxygen atoms in total. The molecule has 27 heavy (non-hydrogen) atoms. The van der Waals surface area contributed by atoms with E-state index in [9.17, 15) is 14.9 Å². The lowest BCUT2D eigenvalue weighted by Gasteiger charge is -2.29. The van der Waals surface area contributed by atoms with Gasteiger partial charge in [0.2, 0.25) is 0 Å². The molecule has 0 radical (unpaired) electrons. The summed E-state index contributed by atoms with van der Waals surface area (Å²) in [5.41, 5.74) is -0.805. The van der Waals surface area contributed by atoms with Gasteiger partial charge in [-0.2, -0.15) is 4.39 Å². The first kappa shape index (κ1) is 20.8. The lowest BCUT2D eigenvalue weighted by atomic mass is 9.91. The number of nitro groups is 1. The molecule has 0 saturated heterocycles. The fraction of sp³-hybridized carbons (Fsp3) is 0.316. The number of rotatable bonds is 5. The van der Waals surface area contributed by atoms with Gasteiger partial charge in [-0.05, 0) is 50.6 Å². The molecule has 0 fully saturated rings. The summed E-state index contributed by atoms with van der Waals surface area (Å²) in [6, 6.07) is 12.0. The van der Waals surface area contributed by atoms with Crippen LogP contribution in [0.4, 0.5) is 9.18 Å². The van der Waals surface area contributed by atoms with Gasteiger partial charge < -0.3 is 10.1 Å². The molecule has 2 atom stereocenters. The maximum atomic E-state index is 15.9. The standard InChI is InChI=1S/C19H20BrFN2O4/c1-18(2,3)27-17(24)22-16(13-8-7-11-15(20)12-13)19(21,23(25)26)14-9-5-4-6-10-14/h4-12,16H,1-3H3,(H,22,24). The van der Waals surface area contributed by atoms with Gasteiger partial charge in [0.25, 0.3) is 0 Å². The van der Waals surface area contributed by atoms with Gasteiger partial charge in [-0.25, -0.2) is 4.79 Å². The minimum atomic E-state index is -3.10. The van der Waals surface area contributed by atoms with Crippen molar-refractivity contribution in [2.45, 2.75) is 38.2 Å². The maximum Gasteiger partial charge on any atom is 0.408 e. The Morgan fingerprint density at radius 2 is 1.81 bits per heavy atom. The zero-order valence-electron chi connectivity index (χ0n) is 15.1. The molecular weight excluding hydrogens is 419 g/mol. The van der Waals surface area contributed by atoms with Gasteiger partial charge in [0.15, 0.2) is 6.04 Å². The van der Waals surface area contributed by atoms with Crippen LogP contribution in [0.5, 0.6) is 0 Å². The summed E-state index contributed by atoms with van der Waals surface area (Å²) in [4.78, 5) is 23.1. The molecule has 1 N–H and O–H groups in total. The second-order valence-corrected chi connectivity index (χ2v) is 7.85. The first-order valence-electron chi connectivity index (χ1n) is 8.18. The summed E-state index contributed by atoms with van der Waals surface area (Å²) in [5, 5.41) is 14.2. The van der Waals surface area contributed by atoms with E-state index in [-0.39, 0.29) is 11.1 Å². The molecule has 0 bridgehead atoms. The van der Waals surface area contributed by atoms with Crippen molar-refractivity contribution in [1.82, 2.24) is 5.32 Å². The number of carbonyl (C=O) groups excluding carboxylic acids is 1. The number of nitrogens with one attached hydrogen (secondary N) is 1. The third kappa shape index (κ3) is 5.03. The first-order chi connectivity index (χ1) is 12.5. The van der Waals surface area contributed by atoms with Crippen LogP contribution in [0.25, 0.3) is 0 Å². The van der Waals surface area contributed by atoms with Gasteiger partial charge in [0.05, 0.1) is 10.5 Å². The topological polar surface area (TPSA) is 81.5 Å². The van der Waals surface area contributed by atoms with Gasteiger partial charge in [-0.3, -0.25) is 10.1 Å². The molecule has 0 saturated carbocycles. The number of nitrogens with zero attached hydrogens (tertiary/aromatic N) is 1. The molecule has 2 aromatic carbocycles. The Hall–Kier alpha value is -2.48. The average Bonchev–Trinajstić information content (AvgIpc) is 2.58. The van der Waals surface area contributed by atoms with Crippen LogP contribution in [0.1, 0.15) is 37.9 Å². The maximum absolute atomic E-state index is 15.9. The lowest BCUT2D eigenvalue weighted by molar-refractivity contribution is -0.623. The van der Waals surface area contributed by atoms with Crippen molar-refractivity contribution in [2.24, 2.45) is 0 Å². The van der Waals surface area contributed by atoms with Crippen molar-refractivity contribution < 1.29 is 18.8 Å². The molecule has 0 spiro atoms. The molecular formula is C19H20BrFN2O4. The van der Waals surface area contributed by atoms with Crippen LogP contribution in [0, 0.1) is 10.1 Å². The van der Waals surface area contributed by atoms with E-state index >= 15 is 4.39 Å². The van der Waals surface area contributed by atoms with Gasteiger partial charge in [-0.15, -0.1) is 0 Å². The van der Waals surface area contributed by atoms with Gasteiger partial charge in [-0.1, -0.05) is 46.3 Å². The summed E-state index contributed by atoms with van der Waals surface area (Å²) in [6.45, 7) is 4.94. The summed E-state index contributed by atoms with van der Waals surface area (Å²) in [5.74, 6) is -3.10. The van der Waals surface area contributed by atoms with Gasteiger partial charge in [0, 0.05) is 4.47 Å². The number of ether oxygens (including phenoxy) is 1. The Labute approximate surface area is 165 Å². The van der Waals surface area contributed by atoms with E-state index in [1.165, 1.54) is 36.4 Å². The van der Waals surface area contributed by atoms with Gasteiger partial charge >= 0.3 is 11.9 Å². The van der Waals surface area contributed by atoms with Crippen LogP contribution in [0.15, 0.2) is 59.1 Å². The minimum absolute atomic E-state index is 0.184. The van der Waals surface area contributed by atoms with E-state index in [0.717, 1.165) is 0 Å². The third-order valence-electron chi connectivity index (χ3n) is 3.67. The molecule has 1 amide bonds. The van der Waals surface area contributed by atoms with Crippen LogP contribution >= 0.6 is 15.9 Å². The Morgan fingerprint density at radius 3 is 2.33 bits per heavy atom. The molecule has 144 valence electrons. The van der Waals surface area contributed by atoms with E-state index in [1.54, 1.807) is 39.0 Å². The Kier molecular flexibility index (Phi) is 6.20. The second-order valence-electron chi connectivity index (χ2n) is 6.93. The second kappa shape index (κ2) is 8.04. The van der Waals surface area contributed by atoms with Crippen molar-refractivity contribution in [3.8, 4) is 0 Å². The van der Waals surface area contributed by atoms with E-state index in [0.29, 0.717) is 4.47 Å². The van der Waals surface area contributed by atoms with E-state index in [1.807, 2.05) is 0 Å². The molecule has 0 aromatic heterocycles. The lowest BCUT2D eigenvalue weighted by Crippen LogP contribution is -2.47. The zero-order chi connectivity index (χ0) is 20.2. The smallest absolute Gasteiger partial charge is 0.408 e. The number of alkyl halides is 1.